The summed E-state index contributed by atoms with van der Waals surface area (Å²) in [4.78, 5) is 13.4. The molecule has 0 radical (unpaired) electrons. The third-order valence-corrected chi connectivity index (χ3v) is 4.44. The van der Waals surface area contributed by atoms with Gasteiger partial charge < -0.3 is 15.4 Å². The highest BCUT2D eigenvalue weighted by molar-refractivity contribution is 5.54. The van der Waals surface area contributed by atoms with Crippen molar-refractivity contribution in [3.63, 3.8) is 0 Å². The van der Waals surface area contributed by atoms with Crippen LogP contribution in [0.5, 0.6) is 5.75 Å². The van der Waals surface area contributed by atoms with Gasteiger partial charge in [-0.15, -0.1) is 0 Å². The van der Waals surface area contributed by atoms with Crippen LogP contribution >= 0.6 is 0 Å². The van der Waals surface area contributed by atoms with Crippen LogP contribution in [0.4, 0.5) is 11.6 Å². The van der Waals surface area contributed by atoms with Crippen LogP contribution in [0.3, 0.4) is 0 Å². The predicted molar refractivity (Wildman–Crippen MR) is 96.4 cm³/mol. The van der Waals surface area contributed by atoms with Gasteiger partial charge in [0.25, 0.3) is 0 Å². The van der Waals surface area contributed by atoms with E-state index in [1.165, 1.54) is 5.56 Å². The van der Waals surface area contributed by atoms with Crippen molar-refractivity contribution in [1.29, 1.82) is 0 Å². The lowest BCUT2D eigenvalue weighted by Crippen LogP contribution is -2.47. The number of benzene rings is 1. The van der Waals surface area contributed by atoms with E-state index < -0.39 is 0 Å². The molecule has 0 amide bonds. The summed E-state index contributed by atoms with van der Waals surface area (Å²) in [5, 5.41) is 0. The third kappa shape index (κ3) is 4.14. The third-order valence-electron chi connectivity index (χ3n) is 4.44. The number of aromatic nitrogens is 2. The van der Waals surface area contributed by atoms with E-state index in [2.05, 4.69) is 25.8 Å². The van der Waals surface area contributed by atoms with Crippen molar-refractivity contribution in [2.75, 3.05) is 50.5 Å². The Morgan fingerprint density at radius 2 is 1.88 bits per heavy atom. The molecule has 0 unspecified atom stereocenters. The average molecular weight is 327 g/mol. The van der Waals surface area contributed by atoms with E-state index >= 15 is 0 Å². The highest BCUT2D eigenvalue weighted by Gasteiger charge is 2.18. The second kappa shape index (κ2) is 7.97. The molecule has 0 aliphatic carbocycles. The van der Waals surface area contributed by atoms with E-state index in [1.54, 1.807) is 19.5 Å². The number of piperazine rings is 1. The van der Waals surface area contributed by atoms with Gasteiger partial charge in [0.15, 0.2) is 0 Å². The highest BCUT2D eigenvalue weighted by atomic mass is 16.5. The quantitative estimate of drug-likeness (QED) is 0.817. The Hall–Kier alpha value is -2.34. The number of rotatable bonds is 6. The molecule has 6 heteroatoms. The molecule has 0 saturated carbocycles. The highest BCUT2D eigenvalue weighted by Crippen LogP contribution is 2.22. The van der Waals surface area contributed by atoms with E-state index in [0.717, 1.165) is 57.3 Å². The first-order valence-corrected chi connectivity index (χ1v) is 8.43. The normalized spacial score (nSPS) is 15.5. The predicted octanol–water partition coefficient (Wildman–Crippen LogP) is 1.82. The first-order valence-electron chi connectivity index (χ1n) is 8.43. The zero-order valence-corrected chi connectivity index (χ0v) is 14.2. The molecule has 128 valence electrons. The molecule has 2 N–H and O–H groups in total. The van der Waals surface area contributed by atoms with Crippen LogP contribution in [-0.4, -0.2) is 54.7 Å². The summed E-state index contributed by atoms with van der Waals surface area (Å²) in [6, 6.07) is 7.92. The van der Waals surface area contributed by atoms with Gasteiger partial charge in [-0.1, -0.05) is 6.07 Å². The van der Waals surface area contributed by atoms with Crippen molar-refractivity contribution in [2.24, 2.45) is 0 Å². The number of methoxy groups -OCH3 is 1. The number of aryl methyl sites for hydroxylation is 1. The molecule has 1 fully saturated rings. The van der Waals surface area contributed by atoms with Crippen molar-refractivity contribution < 1.29 is 4.74 Å². The molecule has 1 aliphatic heterocycles. The van der Waals surface area contributed by atoms with Gasteiger partial charge >= 0.3 is 0 Å². The summed E-state index contributed by atoms with van der Waals surface area (Å²) in [7, 11) is 1.64. The number of hydrogen-bond donors (Lipinski definition) is 1. The molecular weight excluding hydrogens is 302 g/mol. The van der Waals surface area contributed by atoms with Crippen molar-refractivity contribution in [1.82, 2.24) is 14.9 Å². The van der Waals surface area contributed by atoms with Gasteiger partial charge in [0.05, 0.1) is 12.8 Å². The van der Waals surface area contributed by atoms with Gasteiger partial charge in [-0.25, -0.2) is 9.97 Å². The summed E-state index contributed by atoms with van der Waals surface area (Å²) < 4.78 is 5.20. The lowest BCUT2D eigenvalue weighted by atomic mass is 10.1. The van der Waals surface area contributed by atoms with Gasteiger partial charge in [0.2, 0.25) is 5.95 Å². The van der Waals surface area contributed by atoms with E-state index in [9.17, 15) is 0 Å². The van der Waals surface area contributed by atoms with Crippen LogP contribution < -0.4 is 15.4 Å². The van der Waals surface area contributed by atoms with Crippen molar-refractivity contribution in [3.8, 4) is 5.75 Å². The number of anilines is 2. The van der Waals surface area contributed by atoms with Crippen molar-refractivity contribution in [3.05, 3.63) is 42.2 Å². The van der Waals surface area contributed by atoms with E-state index in [4.69, 9.17) is 10.5 Å². The largest absolute Gasteiger partial charge is 0.495 e. The number of nitrogen functional groups attached to an aromatic ring is 1. The Balaban J connectivity index is 1.41. The maximum absolute atomic E-state index is 5.96. The van der Waals surface area contributed by atoms with Gasteiger partial charge in [0.1, 0.15) is 5.75 Å². The van der Waals surface area contributed by atoms with E-state index in [-0.39, 0.29) is 0 Å². The van der Waals surface area contributed by atoms with Crippen LogP contribution in [0.2, 0.25) is 0 Å². The minimum absolute atomic E-state index is 0.714. The molecule has 24 heavy (non-hydrogen) atoms. The first-order chi connectivity index (χ1) is 11.8. The Morgan fingerprint density at radius 1 is 1.12 bits per heavy atom. The molecule has 1 aromatic heterocycles. The summed E-state index contributed by atoms with van der Waals surface area (Å²) >= 11 is 0. The number of nitrogens with two attached hydrogens (primary N) is 1. The van der Waals surface area contributed by atoms with E-state index in [1.807, 2.05) is 18.2 Å². The smallest absolute Gasteiger partial charge is 0.225 e. The monoisotopic (exact) mass is 327 g/mol. The zero-order valence-electron chi connectivity index (χ0n) is 14.2. The number of ether oxygens (including phenoxy) is 1. The van der Waals surface area contributed by atoms with Crippen LogP contribution in [-0.2, 0) is 6.42 Å². The molecule has 2 aromatic rings. The Kier molecular flexibility index (Phi) is 5.48. The Bertz CT molecular complexity index is 641. The molecular formula is C18H25N5O. The molecule has 1 aromatic carbocycles. The van der Waals surface area contributed by atoms with Gasteiger partial charge in [0, 0.05) is 38.6 Å². The molecule has 0 atom stereocenters. The van der Waals surface area contributed by atoms with Crippen molar-refractivity contribution in [2.45, 2.75) is 12.8 Å². The summed E-state index contributed by atoms with van der Waals surface area (Å²) in [6.45, 7) is 5.19. The molecule has 0 spiro atoms. The molecule has 0 bridgehead atoms. The first kappa shape index (κ1) is 16.5. The zero-order chi connectivity index (χ0) is 16.8. The SMILES string of the molecule is COc1ccc(CCCN2CCN(c3ncccn3)CC2)cc1N. The van der Waals surface area contributed by atoms with E-state index in [0.29, 0.717) is 5.69 Å². The van der Waals surface area contributed by atoms with Crippen molar-refractivity contribution >= 4 is 11.6 Å². The minimum atomic E-state index is 0.714. The van der Waals surface area contributed by atoms with Gasteiger partial charge in [-0.05, 0) is 43.1 Å². The lowest BCUT2D eigenvalue weighted by molar-refractivity contribution is 0.254. The second-order valence-corrected chi connectivity index (χ2v) is 6.06. The molecule has 1 aliphatic rings. The fourth-order valence-corrected chi connectivity index (χ4v) is 3.07. The van der Waals surface area contributed by atoms with Crippen LogP contribution in [0, 0.1) is 0 Å². The van der Waals surface area contributed by atoms with Crippen LogP contribution in [0.25, 0.3) is 0 Å². The molecule has 1 saturated heterocycles. The fraction of sp³-hybridized carbons (Fsp3) is 0.444. The summed E-state index contributed by atoms with van der Waals surface area (Å²) in [5.41, 5.74) is 7.95. The number of nitrogens with zero attached hydrogens (tertiary/aromatic N) is 4. The number of hydrogen-bond acceptors (Lipinski definition) is 6. The molecule has 3 rings (SSSR count). The molecule has 6 nitrogen and oxygen atoms in total. The molecule has 2 heterocycles. The maximum Gasteiger partial charge on any atom is 0.225 e. The van der Waals surface area contributed by atoms with Crippen LogP contribution in [0.1, 0.15) is 12.0 Å². The fourth-order valence-electron chi connectivity index (χ4n) is 3.07. The summed E-state index contributed by atoms with van der Waals surface area (Å²) in [5.74, 6) is 1.59. The lowest BCUT2D eigenvalue weighted by Gasteiger charge is -2.34. The van der Waals surface area contributed by atoms with Gasteiger partial charge in [-0.3, -0.25) is 4.90 Å². The maximum atomic E-state index is 5.96. The van der Waals surface area contributed by atoms with Gasteiger partial charge in [-0.2, -0.15) is 0 Å². The second-order valence-electron chi connectivity index (χ2n) is 6.06. The topological polar surface area (TPSA) is 67.5 Å². The standard InChI is InChI=1S/C18H25N5O/c1-24-17-6-5-15(14-16(17)19)4-2-9-22-10-12-23(13-11-22)18-20-7-3-8-21-18/h3,5-8,14H,2,4,9-13,19H2,1H3. The summed E-state index contributed by atoms with van der Waals surface area (Å²) in [6.07, 6.45) is 5.77. The Labute approximate surface area is 143 Å². The van der Waals surface area contributed by atoms with Crippen LogP contribution in [0.15, 0.2) is 36.7 Å². The minimum Gasteiger partial charge on any atom is -0.495 e. The Morgan fingerprint density at radius 3 is 2.54 bits per heavy atom. The average Bonchev–Trinajstić information content (AvgIpc) is 2.63.